The van der Waals surface area contributed by atoms with Crippen LogP contribution in [-0.4, -0.2) is 42.3 Å². The molecule has 1 amide bonds. The second-order valence-electron chi connectivity index (χ2n) is 8.47. The summed E-state index contributed by atoms with van der Waals surface area (Å²) in [5, 5.41) is 2.97. The van der Waals surface area contributed by atoms with Gasteiger partial charge < -0.3 is 5.32 Å². The first-order valence-corrected chi connectivity index (χ1v) is 9.98. The van der Waals surface area contributed by atoms with Gasteiger partial charge in [-0.25, -0.2) is 24.9 Å². The number of anilines is 1. The minimum Gasteiger partial charge on any atom is -0.310 e. The minimum atomic E-state index is -0.475. The van der Waals surface area contributed by atoms with Crippen molar-refractivity contribution in [1.82, 2.24) is 29.8 Å². The summed E-state index contributed by atoms with van der Waals surface area (Å²) in [6, 6.07) is 3.91. The molecule has 154 valence electrons. The first-order valence-electron chi connectivity index (χ1n) is 9.98. The Morgan fingerprint density at radius 2 is 1.97 bits per heavy atom. The second kappa shape index (κ2) is 8.23. The van der Waals surface area contributed by atoms with Crippen LogP contribution >= 0.6 is 0 Å². The van der Waals surface area contributed by atoms with Gasteiger partial charge in [0, 0.05) is 67.4 Å². The number of amides is 1. The predicted octanol–water partition coefficient (Wildman–Crippen LogP) is 2.87. The number of nitrogens with zero attached hydrogens (tertiary/aromatic N) is 6. The van der Waals surface area contributed by atoms with Crippen LogP contribution in [0.3, 0.4) is 0 Å². The molecule has 0 unspecified atom stereocenters. The molecule has 0 saturated heterocycles. The zero-order chi connectivity index (χ0) is 21.1. The molecule has 0 fully saturated rings. The van der Waals surface area contributed by atoms with Gasteiger partial charge in [-0.05, 0) is 6.07 Å². The highest BCUT2D eigenvalue weighted by atomic mass is 16.2. The van der Waals surface area contributed by atoms with Gasteiger partial charge in [0.05, 0.1) is 11.3 Å². The summed E-state index contributed by atoms with van der Waals surface area (Å²) in [6.07, 6.45) is 9.37. The van der Waals surface area contributed by atoms with Gasteiger partial charge in [-0.2, -0.15) is 0 Å². The van der Waals surface area contributed by atoms with Gasteiger partial charge in [-0.3, -0.25) is 9.69 Å². The van der Waals surface area contributed by atoms with Crippen LogP contribution in [0.2, 0.25) is 0 Å². The van der Waals surface area contributed by atoms with E-state index in [1.54, 1.807) is 18.6 Å². The van der Waals surface area contributed by atoms with Gasteiger partial charge in [0.15, 0.2) is 5.82 Å². The summed E-state index contributed by atoms with van der Waals surface area (Å²) in [5.74, 6) is 1.23. The quantitative estimate of drug-likeness (QED) is 0.715. The van der Waals surface area contributed by atoms with Crippen molar-refractivity contribution < 1.29 is 4.79 Å². The molecule has 0 spiro atoms. The van der Waals surface area contributed by atoms with Crippen molar-refractivity contribution in [2.24, 2.45) is 5.41 Å². The summed E-state index contributed by atoms with van der Waals surface area (Å²) in [7, 11) is 0. The van der Waals surface area contributed by atoms with Crippen molar-refractivity contribution in [3.8, 4) is 11.4 Å². The number of fused-ring (bicyclic) bond motifs is 1. The summed E-state index contributed by atoms with van der Waals surface area (Å²) in [4.78, 5) is 36.4. The molecule has 1 aliphatic rings. The Hall–Kier alpha value is -3.26. The number of hydrogen-bond acceptors (Lipinski definition) is 7. The van der Waals surface area contributed by atoms with Crippen LogP contribution in [0, 0.1) is 5.41 Å². The molecule has 0 radical (unpaired) electrons. The molecule has 0 saturated carbocycles. The van der Waals surface area contributed by atoms with Crippen molar-refractivity contribution in [3.05, 3.63) is 60.1 Å². The number of hydrogen-bond donors (Lipinski definition) is 1. The van der Waals surface area contributed by atoms with E-state index >= 15 is 0 Å². The zero-order valence-electron chi connectivity index (χ0n) is 17.5. The lowest BCUT2D eigenvalue weighted by molar-refractivity contribution is -0.123. The molecule has 4 heterocycles. The highest BCUT2D eigenvalue weighted by molar-refractivity contribution is 5.94. The maximum atomic E-state index is 12.4. The van der Waals surface area contributed by atoms with Crippen molar-refractivity contribution in [3.63, 3.8) is 0 Å². The van der Waals surface area contributed by atoms with E-state index in [1.807, 2.05) is 39.1 Å². The number of carbonyl (C=O) groups is 1. The molecule has 1 N–H and O–H groups in total. The third kappa shape index (κ3) is 4.49. The molecular formula is C22H25N7O. The van der Waals surface area contributed by atoms with E-state index in [0.29, 0.717) is 18.2 Å². The Labute approximate surface area is 175 Å². The van der Waals surface area contributed by atoms with E-state index < -0.39 is 5.41 Å². The van der Waals surface area contributed by atoms with Crippen molar-refractivity contribution in [2.45, 2.75) is 40.3 Å². The Morgan fingerprint density at radius 3 is 2.73 bits per heavy atom. The van der Waals surface area contributed by atoms with E-state index in [2.05, 4.69) is 30.2 Å². The number of aromatic nitrogens is 5. The summed E-state index contributed by atoms with van der Waals surface area (Å²) < 4.78 is 0. The van der Waals surface area contributed by atoms with Crippen LogP contribution in [0.25, 0.3) is 11.4 Å². The van der Waals surface area contributed by atoms with Gasteiger partial charge >= 0.3 is 0 Å². The lowest BCUT2D eigenvalue weighted by Crippen LogP contribution is -2.32. The summed E-state index contributed by atoms with van der Waals surface area (Å²) >= 11 is 0. The van der Waals surface area contributed by atoms with Crippen LogP contribution in [0.1, 0.15) is 37.6 Å². The van der Waals surface area contributed by atoms with E-state index in [0.717, 1.165) is 41.9 Å². The van der Waals surface area contributed by atoms with Gasteiger partial charge in [0.2, 0.25) is 5.91 Å². The summed E-state index contributed by atoms with van der Waals surface area (Å²) in [5.41, 5.74) is 3.52. The van der Waals surface area contributed by atoms with Crippen molar-refractivity contribution in [2.75, 3.05) is 11.9 Å². The summed E-state index contributed by atoms with van der Waals surface area (Å²) in [6.45, 7) is 7.99. The Kier molecular flexibility index (Phi) is 5.50. The maximum Gasteiger partial charge on any atom is 0.230 e. The Balaban J connectivity index is 1.48. The van der Waals surface area contributed by atoms with Crippen molar-refractivity contribution >= 4 is 11.7 Å². The van der Waals surface area contributed by atoms with Crippen LogP contribution in [-0.2, 0) is 24.3 Å². The van der Waals surface area contributed by atoms with E-state index in [-0.39, 0.29) is 5.91 Å². The van der Waals surface area contributed by atoms with Crippen LogP contribution in [0.5, 0.6) is 0 Å². The number of nitrogens with one attached hydrogen (secondary N) is 1. The number of rotatable bonds is 4. The molecule has 0 aromatic carbocycles. The Bertz CT molecular complexity index is 1050. The largest absolute Gasteiger partial charge is 0.310 e. The smallest absolute Gasteiger partial charge is 0.230 e. The molecule has 1 aliphatic heterocycles. The van der Waals surface area contributed by atoms with E-state index in [9.17, 15) is 4.79 Å². The zero-order valence-corrected chi connectivity index (χ0v) is 17.5. The lowest BCUT2D eigenvalue weighted by atomic mass is 9.95. The predicted molar refractivity (Wildman–Crippen MR) is 113 cm³/mol. The number of pyridine rings is 1. The maximum absolute atomic E-state index is 12.4. The first-order chi connectivity index (χ1) is 14.4. The molecule has 8 nitrogen and oxygen atoms in total. The molecule has 3 aromatic rings. The van der Waals surface area contributed by atoms with Gasteiger partial charge in [-0.15, -0.1) is 0 Å². The van der Waals surface area contributed by atoms with Gasteiger partial charge in [-0.1, -0.05) is 26.8 Å². The van der Waals surface area contributed by atoms with E-state index in [1.165, 1.54) is 6.33 Å². The molecule has 30 heavy (non-hydrogen) atoms. The molecule has 0 aliphatic carbocycles. The fourth-order valence-corrected chi connectivity index (χ4v) is 3.28. The molecule has 8 heteroatoms. The topological polar surface area (TPSA) is 96.8 Å². The fourth-order valence-electron chi connectivity index (χ4n) is 3.28. The second-order valence-corrected chi connectivity index (χ2v) is 8.47. The van der Waals surface area contributed by atoms with Crippen molar-refractivity contribution in [1.29, 1.82) is 0 Å². The first kappa shape index (κ1) is 20.0. The molecular weight excluding hydrogens is 378 g/mol. The molecule has 4 rings (SSSR count). The third-order valence-corrected chi connectivity index (χ3v) is 5.03. The standard InChI is InChI=1S/C22H25N7O/c1-22(2,3)21(30)28-19-15(5-4-7-25-19)12-29-8-6-18-17(13-29)11-26-20(27-18)16-9-23-14-24-10-16/h4-5,7,9-11,14H,6,8,12-13H2,1-3H3,(H,25,28,30). The Morgan fingerprint density at radius 1 is 1.17 bits per heavy atom. The average molecular weight is 403 g/mol. The van der Waals surface area contributed by atoms with Crippen LogP contribution < -0.4 is 5.32 Å². The normalized spacial score (nSPS) is 14.2. The SMILES string of the molecule is CC(C)(C)C(=O)Nc1ncccc1CN1CCc2nc(-c3cncnc3)ncc2C1. The lowest BCUT2D eigenvalue weighted by Gasteiger charge is -2.28. The van der Waals surface area contributed by atoms with E-state index in [4.69, 9.17) is 4.98 Å². The van der Waals surface area contributed by atoms with Gasteiger partial charge in [0.25, 0.3) is 0 Å². The molecule has 0 atom stereocenters. The minimum absolute atomic E-state index is 0.0442. The molecule has 0 bridgehead atoms. The monoisotopic (exact) mass is 403 g/mol. The number of carbonyl (C=O) groups excluding carboxylic acids is 1. The van der Waals surface area contributed by atoms with Gasteiger partial charge in [0.1, 0.15) is 12.1 Å². The van der Waals surface area contributed by atoms with Crippen LogP contribution in [0.4, 0.5) is 5.82 Å². The molecule has 3 aromatic heterocycles. The average Bonchev–Trinajstić information content (AvgIpc) is 2.74. The third-order valence-electron chi connectivity index (χ3n) is 5.03. The fraction of sp³-hybridized carbons (Fsp3) is 0.364. The highest BCUT2D eigenvalue weighted by Crippen LogP contribution is 2.24. The van der Waals surface area contributed by atoms with Crippen LogP contribution in [0.15, 0.2) is 43.2 Å². The highest BCUT2D eigenvalue weighted by Gasteiger charge is 2.24.